The highest BCUT2D eigenvalue weighted by Gasteiger charge is 2.43. The first-order valence-corrected chi connectivity index (χ1v) is 11.8. The summed E-state index contributed by atoms with van der Waals surface area (Å²) in [5.41, 5.74) is 0.991. The zero-order valence-corrected chi connectivity index (χ0v) is 18.7. The summed E-state index contributed by atoms with van der Waals surface area (Å²) in [4.78, 5) is 5.89. The third kappa shape index (κ3) is 5.74. The fourth-order valence-corrected chi connectivity index (χ4v) is 4.98. The van der Waals surface area contributed by atoms with Gasteiger partial charge in [-0.1, -0.05) is 30.3 Å². The molecule has 0 spiro atoms. The highest BCUT2D eigenvalue weighted by atomic mass is 32.2. The van der Waals surface area contributed by atoms with Crippen LogP contribution in [0.2, 0.25) is 0 Å². The summed E-state index contributed by atoms with van der Waals surface area (Å²) in [5.74, 6) is 0.745. The smallest absolute Gasteiger partial charge is 0.242 e. The number of sulfonamides is 1. The van der Waals surface area contributed by atoms with Gasteiger partial charge in [0.2, 0.25) is 10.0 Å². The van der Waals surface area contributed by atoms with Crippen LogP contribution >= 0.6 is 11.8 Å². The standard InChI is InChI=1S/C21H28N4O2S2/c1-22-20(24-16-21(13-14-21)28-18-7-5-4-6-8-18)23-15-17-9-11-19(12-10-17)29(26,27)25(2)3/h4-12H,13-16H2,1-3H3,(H2,22,23,24). The second kappa shape index (κ2) is 9.19. The summed E-state index contributed by atoms with van der Waals surface area (Å²) in [6, 6.07) is 17.4. The van der Waals surface area contributed by atoms with Gasteiger partial charge in [-0.2, -0.15) is 0 Å². The van der Waals surface area contributed by atoms with Gasteiger partial charge in [0.05, 0.1) is 4.90 Å². The summed E-state index contributed by atoms with van der Waals surface area (Å²) in [5, 5.41) is 6.73. The molecule has 0 saturated heterocycles. The van der Waals surface area contributed by atoms with Gasteiger partial charge in [0, 0.05) is 43.9 Å². The highest BCUT2D eigenvalue weighted by Crippen LogP contribution is 2.51. The minimum Gasteiger partial charge on any atom is -0.355 e. The number of thioether (sulfide) groups is 1. The number of guanidine groups is 1. The molecular formula is C21H28N4O2S2. The monoisotopic (exact) mass is 432 g/mol. The molecule has 1 aliphatic carbocycles. The Balaban J connectivity index is 1.51. The first-order chi connectivity index (χ1) is 13.8. The van der Waals surface area contributed by atoms with E-state index in [9.17, 15) is 8.42 Å². The van der Waals surface area contributed by atoms with Gasteiger partial charge in [-0.25, -0.2) is 12.7 Å². The van der Waals surface area contributed by atoms with Crippen LogP contribution in [0.1, 0.15) is 18.4 Å². The molecule has 29 heavy (non-hydrogen) atoms. The van der Waals surface area contributed by atoms with E-state index in [1.54, 1.807) is 19.2 Å². The van der Waals surface area contributed by atoms with Crippen molar-refractivity contribution in [2.75, 3.05) is 27.7 Å². The highest BCUT2D eigenvalue weighted by molar-refractivity contribution is 8.01. The quantitative estimate of drug-likeness (QED) is 0.496. The maximum Gasteiger partial charge on any atom is 0.242 e. The van der Waals surface area contributed by atoms with Gasteiger partial charge in [0.1, 0.15) is 0 Å². The van der Waals surface area contributed by atoms with Crippen LogP contribution in [0.3, 0.4) is 0 Å². The van der Waals surface area contributed by atoms with E-state index in [0.717, 1.165) is 18.1 Å². The van der Waals surface area contributed by atoms with Gasteiger partial charge < -0.3 is 10.6 Å². The molecule has 2 aromatic rings. The third-order valence-corrected chi connectivity index (χ3v) is 8.17. The van der Waals surface area contributed by atoms with Crippen molar-refractivity contribution in [1.82, 2.24) is 14.9 Å². The lowest BCUT2D eigenvalue weighted by Gasteiger charge is -2.18. The first-order valence-electron chi connectivity index (χ1n) is 9.55. The summed E-state index contributed by atoms with van der Waals surface area (Å²) >= 11 is 1.92. The van der Waals surface area contributed by atoms with Gasteiger partial charge in [0.15, 0.2) is 5.96 Å². The molecule has 0 bridgehead atoms. The Morgan fingerprint density at radius 1 is 1.07 bits per heavy atom. The van der Waals surface area contributed by atoms with Crippen molar-refractivity contribution in [3.05, 3.63) is 60.2 Å². The zero-order valence-electron chi connectivity index (χ0n) is 17.1. The van der Waals surface area contributed by atoms with E-state index in [-0.39, 0.29) is 4.75 Å². The van der Waals surface area contributed by atoms with Gasteiger partial charge in [-0.15, -0.1) is 11.8 Å². The summed E-state index contributed by atoms with van der Waals surface area (Å²) in [6.07, 6.45) is 2.39. The molecule has 0 aliphatic heterocycles. The number of hydrogen-bond acceptors (Lipinski definition) is 4. The lowest BCUT2D eigenvalue weighted by molar-refractivity contribution is 0.520. The molecular weight excluding hydrogens is 404 g/mol. The molecule has 0 radical (unpaired) electrons. The van der Waals surface area contributed by atoms with E-state index in [1.165, 1.54) is 36.1 Å². The first kappa shape index (κ1) is 21.7. The van der Waals surface area contributed by atoms with E-state index < -0.39 is 10.0 Å². The molecule has 1 fully saturated rings. The van der Waals surface area contributed by atoms with Crippen LogP contribution in [-0.4, -0.2) is 51.1 Å². The van der Waals surface area contributed by atoms with Crippen molar-refractivity contribution in [3.8, 4) is 0 Å². The van der Waals surface area contributed by atoms with Gasteiger partial charge in [-0.05, 0) is 42.7 Å². The third-order valence-electron chi connectivity index (χ3n) is 4.85. The SMILES string of the molecule is CN=C(NCc1ccc(S(=O)(=O)N(C)C)cc1)NCC1(Sc2ccccc2)CC1. The molecule has 0 atom stereocenters. The summed E-state index contributed by atoms with van der Waals surface area (Å²) in [6.45, 7) is 1.42. The molecule has 0 amide bonds. The number of benzene rings is 2. The van der Waals surface area contributed by atoms with Crippen molar-refractivity contribution < 1.29 is 8.42 Å². The Labute approximate surface area is 177 Å². The topological polar surface area (TPSA) is 73.8 Å². The number of hydrogen-bond donors (Lipinski definition) is 2. The molecule has 8 heteroatoms. The molecule has 0 heterocycles. The van der Waals surface area contributed by atoms with Gasteiger partial charge >= 0.3 is 0 Å². The van der Waals surface area contributed by atoms with Gasteiger partial charge in [0.25, 0.3) is 0 Å². The molecule has 2 N–H and O–H groups in total. The van der Waals surface area contributed by atoms with Crippen molar-refractivity contribution in [2.45, 2.75) is 33.9 Å². The number of nitrogens with one attached hydrogen (secondary N) is 2. The average molecular weight is 433 g/mol. The Kier molecular flexibility index (Phi) is 6.87. The van der Waals surface area contributed by atoms with Crippen LogP contribution in [0, 0.1) is 0 Å². The largest absolute Gasteiger partial charge is 0.355 e. The van der Waals surface area contributed by atoms with Crippen molar-refractivity contribution >= 4 is 27.7 Å². The van der Waals surface area contributed by atoms with Crippen molar-refractivity contribution in [3.63, 3.8) is 0 Å². The van der Waals surface area contributed by atoms with Gasteiger partial charge in [-0.3, -0.25) is 4.99 Å². The molecule has 6 nitrogen and oxygen atoms in total. The fourth-order valence-electron chi connectivity index (χ4n) is 2.83. The number of rotatable bonds is 8. The summed E-state index contributed by atoms with van der Waals surface area (Å²) < 4.78 is 25.8. The average Bonchev–Trinajstić information content (AvgIpc) is 3.48. The molecule has 3 rings (SSSR count). The number of nitrogens with zero attached hydrogens (tertiary/aromatic N) is 2. The van der Waals surface area contributed by atoms with Crippen molar-refractivity contribution in [1.29, 1.82) is 0 Å². The van der Waals surface area contributed by atoms with E-state index >= 15 is 0 Å². The van der Waals surface area contributed by atoms with Crippen LogP contribution in [-0.2, 0) is 16.6 Å². The van der Waals surface area contributed by atoms with E-state index in [1.807, 2.05) is 30.0 Å². The normalized spacial score (nSPS) is 15.9. The zero-order chi connectivity index (χ0) is 20.9. The molecule has 2 aromatic carbocycles. The molecule has 0 unspecified atom stereocenters. The Morgan fingerprint density at radius 2 is 1.72 bits per heavy atom. The van der Waals surface area contributed by atoms with E-state index in [2.05, 4.69) is 39.9 Å². The van der Waals surface area contributed by atoms with Crippen LogP contribution in [0.15, 0.2) is 69.4 Å². The maximum absolute atomic E-state index is 12.2. The minimum absolute atomic E-state index is 0.237. The van der Waals surface area contributed by atoms with E-state index in [4.69, 9.17) is 0 Å². The predicted octanol–water partition coefficient (Wildman–Crippen LogP) is 2.93. The molecule has 0 aromatic heterocycles. The Bertz CT molecular complexity index is 938. The van der Waals surface area contributed by atoms with E-state index in [0.29, 0.717) is 11.4 Å². The molecule has 1 aliphatic rings. The minimum atomic E-state index is -3.40. The number of aliphatic imine (C=N–C) groups is 1. The van der Waals surface area contributed by atoms with Crippen molar-refractivity contribution in [2.24, 2.45) is 4.99 Å². The second-order valence-electron chi connectivity index (χ2n) is 7.31. The van der Waals surface area contributed by atoms with Crippen LogP contribution in [0.25, 0.3) is 0 Å². The lowest BCUT2D eigenvalue weighted by atomic mass is 10.2. The maximum atomic E-state index is 12.2. The van der Waals surface area contributed by atoms with Crippen LogP contribution in [0.5, 0.6) is 0 Å². The van der Waals surface area contributed by atoms with Crippen LogP contribution in [0.4, 0.5) is 0 Å². The predicted molar refractivity (Wildman–Crippen MR) is 120 cm³/mol. The summed E-state index contributed by atoms with van der Waals surface area (Å²) in [7, 11) is 1.42. The molecule has 1 saturated carbocycles. The Hall–Kier alpha value is -2.03. The lowest BCUT2D eigenvalue weighted by Crippen LogP contribution is -2.40. The van der Waals surface area contributed by atoms with Crippen LogP contribution < -0.4 is 10.6 Å². The second-order valence-corrected chi connectivity index (χ2v) is 11.0. The fraction of sp³-hybridized carbons (Fsp3) is 0.381. The Morgan fingerprint density at radius 3 is 2.28 bits per heavy atom. The molecule has 156 valence electrons.